The van der Waals surface area contributed by atoms with E-state index in [1.54, 1.807) is 13.0 Å². The summed E-state index contributed by atoms with van der Waals surface area (Å²) < 4.78 is 11.7. The summed E-state index contributed by atoms with van der Waals surface area (Å²) in [5.74, 6) is 0.477. The van der Waals surface area contributed by atoms with Gasteiger partial charge in [0, 0.05) is 18.7 Å². The van der Waals surface area contributed by atoms with Crippen molar-refractivity contribution >= 4 is 17.8 Å². The van der Waals surface area contributed by atoms with E-state index in [0.717, 1.165) is 31.6 Å². The van der Waals surface area contributed by atoms with Crippen LogP contribution in [0.1, 0.15) is 93.5 Å². The van der Waals surface area contributed by atoms with Crippen LogP contribution in [0.15, 0.2) is 12.1 Å². The predicted octanol–water partition coefficient (Wildman–Crippen LogP) is 4.43. The van der Waals surface area contributed by atoms with Crippen LogP contribution in [-0.4, -0.2) is 48.7 Å². The van der Waals surface area contributed by atoms with Gasteiger partial charge in [0.15, 0.2) is 0 Å². The Morgan fingerprint density at radius 3 is 2.42 bits per heavy atom. The van der Waals surface area contributed by atoms with Gasteiger partial charge in [-0.05, 0) is 82.1 Å². The fourth-order valence-corrected chi connectivity index (χ4v) is 7.24. The van der Waals surface area contributed by atoms with Gasteiger partial charge < -0.3 is 25.2 Å². The van der Waals surface area contributed by atoms with E-state index in [1.807, 2.05) is 0 Å². The fourth-order valence-electron chi connectivity index (χ4n) is 7.24. The second-order valence-corrected chi connectivity index (χ2v) is 12.6. The maximum absolute atomic E-state index is 13.7. The van der Waals surface area contributed by atoms with Crippen LogP contribution in [0.5, 0.6) is 11.5 Å². The van der Waals surface area contributed by atoms with E-state index >= 15 is 0 Å². The molecule has 216 valence electrons. The fraction of sp³-hybridized carbons (Fsp3) is 0.677. The van der Waals surface area contributed by atoms with Crippen LogP contribution in [0.25, 0.3) is 0 Å². The van der Waals surface area contributed by atoms with Gasteiger partial charge in [-0.1, -0.05) is 19.3 Å². The summed E-state index contributed by atoms with van der Waals surface area (Å²) in [4.78, 5) is 38.5. The number of fused-ring (bicyclic) bond motifs is 2. The molecule has 0 heterocycles. The molecule has 5 rings (SSSR count). The number of amides is 2. The van der Waals surface area contributed by atoms with E-state index in [1.165, 1.54) is 32.4 Å². The number of carboxylic acid groups (broad SMARTS) is 1. The lowest BCUT2D eigenvalue weighted by molar-refractivity contribution is -0.150. The van der Waals surface area contributed by atoms with Gasteiger partial charge in [0.05, 0.1) is 35.7 Å². The number of nitriles is 1. The minimum atomic E-state index is -0.807. The van der Waals surface area contributed by atoms with Gasteiger partial charge in [0.25, 0.3) is 5.91 Å². The molecule has 3 N–H and O–H groups in total. The molecule has 1 aromatic rings. The number of nitrogens with one attached hydrogen (secondary N) is 2. The molecule has 0 spiro atoms. The molecule has 4 aliphatic carbocycles. The Morgan fingerprint density at radius 2 is 1.80 bits per heavy atom. The number of ether oxygens (including phenoxy) is 2. The Labute approximate surface area is 236 Å². The number of carboxylic acids is 1. The number of hydrogen-bond donors (Lipinski definition) is 3. The molecule has 0 unspecified atom stereocenters. The topological polar surface area (TPSA) is 138 Å². The van der Waals surface area contributed by atoms with Crippen molar-refractivity contribution in [1.82, 2.24) is 10.6 Å². The van der Waals surface area contributed by atoms with Crippen LogP contribution < -0.4 is 20.1 Å². The lowest BCUT2D eigenvalue weighted by atomic mass is 9.75. The number of carbonyl (C=O) groups is 3. The standard InChI is InChI=1S/C31H41N3O6/c1-31(30(37)38)11-8-22(9-12-31)40-24-16-23(25(39-2)15-21(24)17-32)28(35)34-27-20-7-6-19(14-20)26(27)29(36)33-13-10-18-4-3-5-18/h15-16,18-20,22,26-27H,3-14H2,1-2H3,(H,33,36)(H,34,35)(H,37,38)/t19-,20+,22?,26+,27-,31?/m1/s1. The first-order valence-electron chi connectivity index (χ1n) is 14.8. The van der Waals surface area contributed by atoms with E-state index in [2.05, 4.69) is 16.7 Å². The third kappa shape index (κ3) is 5.63. The molecule has 2 bridgehead atoms. The second-order valence-electron chi connectivity index (χ2n) is 12.6. The SMILES string of the molecule is COc1cc(C#N)c(OC2CCC(C)(C(=O)O)CC2)cc1C(=O)N[C@@H]1[C@H]2CC[C@H](C2)[C@@H]1C(=O)NCCC1CCC1. The third-order valence-electron chi connectivity index (χ3n) is 10.1. The van der Waals surface area contributed by atoms with Crippen LogP contribution in [0, 0.1) is 40.4 Å². The smallest absolute Gasteiger partial charge is 0.309 e. The average Bonchev–Trinajstić information content (AvgIpc) is 3.53. The zero-order valence-electron chi connectivity index (χ0n) is 23.5. The van der Waals surface area contributed by atoms with Gasteiger partial charge >= 0.3 is 5.97 Å². The summed E-state index contributed by atoms with van der Waals surface area (Å²) in [7, 11) is 1.46. The normalized spacial score (nSPS) is 31.1. The first kappa shape index (κ1) is 28.3. The quantitative estimate of drug-likeness (QED) is 0.391. The molecule has 0 saturated heterocycles. The Hall–Kier alpha value is -3.28. The Kier molecular flexibility index (Phi) is 8.25. The largest absolute Gasteiger partial charge is 0.496 e. The number of benzene rings is 1. The van der Waals surface area contributed by atoms with Crippen molar-refractivity contribution in [2.75, 3.05) is 13.7 Å². The first-order chi connectivity index (χ1) is 19.2. The number of nitrogens with zero attached hydrogens (tertiary/aromatic N) is 1. The van der Waals surface area contributed by atoms with Crippen LogP contribution in [0.3, 0.4) is 0 Å². The molecule has 4 saturated carbocycles. The summed E-state index contributed by atoms with van der Waals surface area (Å²) in [6.45, 7) is 2.44. The molecule has 4 fully saturated rings. The molecule has 2 amide bonds. The van der Waals surface area contributed by atoms with E-state index in [0.29, 0.717) is 32.2 Å². The Balaban J connectivity index is 1.29. The van der Waals surface area contributed by atoms with Gasteiger partial charge in [-0.15, -0.1) is 0 Å². The highest BCUT2D eigenvalue weighted by Crippen LogP contribution is 2.49. The lowest BCUT2D eigenvalue weighted by Crippen LogP contribution is -2.50. The van der Waals surface area contributed by atoms with Crippen molar-refractivity contribution in [3.8, 4) is 17.6 Å². The zero-order valence-corrected chi connectivity index (χ0v) is 23.5. The van der Waals surface area contributed by atoms with Crippen molar-refractivity contribution in [2.45, 2.75) is 89.7 Å². The van der Waals surface area contributed by atoms with E-state index in [-0.39, 0.29) is 64.3 Å². The van der Waals surface area contributed by atoms with Crippen molar-refractivity contribution in [2.24, 2.45) is 29.1 Å². The summed E-state index contributed by atoms with van der Waals surface area (Å²) in [6.07, 6.45) is 9.57. The van der Waals surface area contributed by atoms with E-state index in [9.17, 15) is 24.8 Å². The third-order valence-corrected chi connectivity index (χ3v) is 10.1. The minimum absolute atomic E-state index is 0.0401. The van der Waals surface area contributed by atoms with Crippen LogP contribution in [0.4, 0.5) is 0 Å². The van der Waals surface area contributed by atoms with Crippen LogP contribution in [-0.2, 0) is 9.59 Å². The molecule has 0 aromatic heterocycles. The number of methoxy groups -OCH3 is 1. The number of aliphatic carboxylic acids is 1. The molecule has 0 radical (unpaired) electrons. The number of carbonyl (C=O) groups excluding carboxylic acids is 2. The zero-order chi connectivity index (χ0) is 28.4. The number of rotatable bonds is 10. The Bertz CT molecular complexity index is 1180. The molecular formula is C31H41N3O6. The van der Waals surface area contributed by atoms with Gasteiger partial charge in [-0.3, -0.25) is 14.4 Å². The van der Waals surface area contributed by atoms with Crippen molar-refractivity contribution in [3.05, 3.63) is 23.3 Å². The monoisotopic (exact) mass is 551 g/mol. The molecule has 9 heteroatoms. The lowest BCUT2D eigenvalue weighted by Gasteiger charge is -2.34. The maximum atomic E-state index is 13.7. The van der Waals surface area contributed by atoms with Gasteiger partial charge in [0.1, 0.15) is 17.6 Å². The highest BCUT2D eigenvalue weighted by atomic mass is 16.5. The Morgan fingerprint density at radius 1 is 1.07 bits per heavy atom. The maximum Gasteiger partial charge on any atom is 0.309 e. The van der Waals surface area contributed by atoms with Crippen molar-refractivity contribution in [1.29, 1.82) is 5.26 Å². The minimum Gasteiger partial charge on any atom is -0.496 e. The predicted molar refractivity (Wildman–Crippen MR) is 147 cm³/mol. The molecule has 4 aliphatic rings. The highest BCUT2D eigenvalue weighted by Gasteiger charge is 2.51. The van der Waals surface area contributed by atoms with Gasteiger partial charge in [0.2, 0.25) is 5.91 Å². The van der Waals surface area contributed by atoms with Gasteiger partial charge in [-0.25, -0.2) is 0 Å². The van der Waals surface area contributed by atoms with E-state index < -0.39 is 11.4 Å². The second kappa shape index (κ2) is 11.7. The van der Waals surface area contributed by atoms with Crippen molar-refractivity contribution < 1.29 is 29.0 Å². The highest BCUT2D eigenvalue weighted by molar-refractivity contribution is 5.98. The van der Waals surface area contributed by atoms with Crippen LogP contribution >= 0.6 is 0 Å². The van der Waals surface area contributed by atoms with Crippen molar-refractivity contribution in [3.63, 3.8) is 0 Å². The van der Waals surface area contributed by atoms with Crippen LogP contribution in [0.2, 0.25) is 0 Å². The molecular weight excluding hydrogens is 510 g/mol. The number of hydrogen-bond acceptors (Lipinski definition) is 6. The summed E-state index contributed by atoms with van der Waals surface area (Å²) in [5.41, 5.74) is -0.262. The molecule has 0 aliphatic heterocycles. The van der Waals surface area contributed by atoms with E-state index in [4.69, 9.17) is 9.47 Å². The summed E-state index contributed by atoms with van der Waals surface area (Å²) >= 11 is 0. The first-order valence-corrected chi connectivity index (χ1v) is 14.8. The molecule has 9 nitrogen and oxygen atoms in total. The van der Waals surface area contributed by atoms with Gasteiger partial charge in [-0.2, -0.15) is 5.26 Å². The molecule has 4 atom stereocenters. The molecule has 1 aromatic carbocycles. The summed E-state index contributed by atoms with van der Waals surface area (Å²) in [6, 6.07) is 4.95. The summed E-state index contributed by atoms with van der Waals surface area (Å²) in [5, 5.41) is 25.6. The average molecular weight is 552 g/mol. The molecule has 40 heavy (non-hydrogen) atoms.